The summed E-state index contributed by atoms with van der Waals surface area (Å²) in [7, 11) is 0. The first-order valence-electron chi connectivity index (χ1n) is 9.15. The quantitative estimate of drug-likeness (QED) is 0.461. The molecule has 0 unspecified atom stereocenters. The number of H-pyrrole nitrogens is 1. The van der Waals surface area contributed by atoms with Crippen LogP contribution < -0.4 is 5.32 Å². The minimum absolute atomic E-state index is 0.0678. The lowest BCUT2D eigenvalue weighted by Crippen LogP contribution is -2.55. The minimum atomic E-state index is -4.88. The molecule has 0 saturated heterocycles. The van der Waals surface area contributed by atoms with E-state index in [0.717, 1.165) is 5.52 Å². The van der Waals surface area contributed by atoms with E-state index in [4.69, 9.17) is 11.6 Å². The number of aromatic nitrogens is 2. The molecule has 0 bridgehead atoms. The highest BCUT2D eigenvalue weighted by atomic mass is 35.5. The van der Waals surface area contributed by atoms with Gasteiger partial charge < -0.3 is 15.5 Å². The second-order valence-corrected chi connectivity index (χ2v) is 7.79. The fourth-order valence-electron chi connectivity index (χ4n) is 4.15. The van der Waals surface area contributed by atoms with Crippen LogP contribution in [0.15, 0.2) is 36.5 Å². The number of fused-ring (bicyclic) bond motifs is 2. The van der Waals surface area contributed by atoms with Crippen LogP contribution in [0.2, 0.25) is 5.02 Å². The van der Waals surface area contributed by atoms with Crippen molar-refractivity contribution in [2.75, 3.05) is 5.32 Å². The smallest absolute Gasteiger partial charge is 0.419 e. The standard InChI is InChI=1S/C20H19ClF3N3O2/c1-2-10-8-19(29,20(22,23)24)18(13-4-5-14(21)17(28)16(10)13)26-12-3-6-15-11(7-12)9-25-27-15/h3-7,9-10,18,26,28-29H,2,8H2,1H3,(H,25,27)/t10-,18+,19-/m1/s1. The molecule has 29 heavy (non-hydrogen) atoms. The number of phenolic OH excluding ortho intramolecular Hbond substituents is 1. The normalized spacial score (nSPS) is 24.5. The number of nitrogens with one attached hydrogen (secondary N) is 2. The Kier molecular flexibility index (Phi) is 4.66. The summed E-state index contributed by atoms with van der Waals surface area (Å²) in [6.45, 7) is 1.71. The minimum Gasteiger partial charge on any atom is -0.506 e. The Balaban J connectivity index is 1.88. The Morgan fingerprint density at radius 3 is 2.76 bits per heavy atom. The maximum Gasteiger partial charge on any atom is 0.419 e. The van der Waals surface area contributed by atoms with Crippen molar-refractivity contribution in [1.29, 1.82) is 0 Å². The van der Waals surface area contributed by atoms with Gasteiger partial charge in [0.15, 0.2) is 5.60 Å². The van der Waals surface area contributed by atoms with Gasteiger partial charge in [0, 0.05) is 16.6 Å². The Morgan fingerprint density at radius 2 is 2.07 bits per heavy atom. The third-order valence-electron chi connectivity index (χ3n) is 5.69. The number of aromatic amines is 1. The molecule has 154 valence electrons. The van der Waals surface area contributed by atoms with Crippen LogP contribution in [-0.4, -0.2) is 32.2 Å². The third kappa shape index (κ3) is 3.11. The summed E-state index contributed by atoms with van der Waals surface area (Å²) in [4.78, 5) is 0. The van der Waals surface area contributed by atoms with E-state index in [1.165, 1.54) is 12.1 Å². The molecule has 0 radical (unpaired) electrons. The number of rotatable bonds is 3. The molecule has 0 aliphatic heterocycles. The summed E-state index contributed by atoms with van der Waals surface area (Å²) in [5.74, 6) is -0.929. The van der Waals surface area contributed by atoms with Crippen LogP contribution in [0.4, 0.5) is 18.9 Å². The number of phenols is 1. The van der Waals surface area contributed by atoms with E-state index in [0.29, 0.717) is 23.1 Å². The molecule has 1 aromatic heterocycles. The Bertz CT molecular complexity index is 1070. The number of hydrogen-bond acceptors (Lipinski definition) is 4. The number of nitrogens with zero attached hydrogens (tertiary/aromatic N) is 1. The van der Waals surface area contributed by atoms with E-state index in [2.05, 4.69) is 15.5 Å². The number of aliphatic hydroxyl groups is 1. The number of anilines is 1. The van der Waals surface area contributed by atoms with Crippen molar-refractivity contribution in [2.24, 2.45) is 0 Å². The Hall–Kier alpha value is -2.45. The molecule has 3 atom stereocenters. The summed E-state index contributed by atoms with van der Waals surface area (Å²) >= 11 is 6.02. The highest BCUT2D eigenvalue weighted by Crippen LogP contribution is 2.55. The van der Waals surface area contributed by atoms with Crippen LogP contribution in [0, 0.1) is 0 Å². The van der Waals surface area contributed by atoms with Gasteiger partial charge in [-0.1, -0.05) is 24.6 Å². The van der Waals surface area contributed by atoms with Crippen molar-refractivity contribution in [2.45, 2.75) is 43.5 Å². The Labute approximate surface area is 169 Å². The maximum atomic E-state index is 14.1. The monoisotopic (exact) mass is 425 g/mol. The van der Waals surface area contributed by atoms with Crippen molar-refractivity contribution in [3.63, 3.8) is 0 Å². The van der Waals surface area contributed by atoms with E-state index in [9.17, 15) is 23.4 Å². The van der Waals surface area contributed by atoms with Crippen LogP contribution in [0.5, 0.6) is 5.75 Å². The van der Waals surface area contributed by atoms with Gasteiger partial charge in [0.25, 0.3) is 0 Å². The van der Waals surface area contributed by atoms with Gasteiger partial charge in [-0.05, 0) is 48.6 Å². The molecular weight excluding hydrogens is 407 g/mol. The maximum absolute atomic E-state index is 14.1. The van der Waals surface area contributed by atoms with E-state index >= 15 is 0 Å². The van der Waals surface area contributed by atoms with Crippen molar-refractivity contribution >= 4 is 28.2 Å². The molecule has 9 heteroatoms. The number of hydrogen-bond donors (Lipinski definition) is 4. The highest BCUT2D eigenvalue weighted by molar-refractivity contribution is 6.32. The largest absolute Gasteiger partial charge is 0.506 e. The lowest BCUT2D eigenvalue weighted by Gasteiger charge is -2.45. The lowest BCUT2D eigenvalue weighted by atomic mass is 9.69. The molecule has 3 aromatic rings. The van der Waals surface area contributed by atoms with Gasteiger partial charge in [-0.2, -0.15) is 18.3 Å². The third-order valence-corrected chi connectivity index (χ3v) is 6.00. The molecule has 4 N–H and O–H groups in total. The summed E-state index contributed by atoms with van der Waals surface area (Å²) < 4.78 is 42.2. The molecule has 0 amide bonds. The van der Waals surface area contributed by atoms with Crippen molar-refractivity contribution in [3.05, 3.63) is 52.7 Å². The molecule has 0 saturated carbocycles. The molecule has 1 aliphatic carbocycles. The molecule has 2 aromatic carbocycles. The highest BCUT2D eigenvalue weighted by Gasteiger charge is 2.62. The second-order valence-electron chi connectivity index (χ2n) is 7.38. The lowest BCUT2D eigenvalue weighted by molar-refractivity contribution is -0.272. The zero-order chi connectivity index (χ0) is 21.0. The molecule has 1 heterocycles. The van der Waals surface area contributed by atoms with Crippen LogP contribution in [-0.2, 0) is 0 Å². The van der Waals surface area contributed by atoms with Gasteiger partial charge in [-0.3, -0.25) is 5.10 Å². The summed E-state index contributed by atoms with van der Waals surface area (Å²) in [5, 5.41) is 31.7. The first kappa shape index (κ1) is 19.8. The van der Waals surface area contributed by atoms with E-state index in [-0.39, 0.29) is 16.3 Å². The van der Waals surface area contributed by atoms with Gasteiger partial charge in [-0.25, -0.2) is 0 Å². The summed E-state index contributed by atoms with van der Waals surface area (Å²) in [5.41, 5.74) is -1.37. The van der Waals surface area contributed by atoms with Crippen LogP contribution >= 0.6 is 11.6 Å². The van der Waals surface area contributed by atoms with Gasteiger partial charge >= 0.3 is 6.18 Å². The molecule has 4 rings (SSSR count). The second kappa shape index (κ2) is 6.81. The molecule has 1 aliphatic rings. The van der Waals surface area contributed by atoms with Gasteiger partial charge in [0.05, 0.1) is 22.8 Å². The van der Waals surface area contributed by atoms with E-state index in [1.807, 2.05) is 0 Å². The zero-order valence-electron chi connectivity index (χ0n) is 15.4. The van der Waals surface area contributed by atoms with Crippen molar-refractivity contribution in [1.82, 2.24) is 10.2 Å². The van der Waals surface area contributed by atoms with E-state index in [1.54, 1.807) is 31.3 Å². The SMILES string of the molecule is CC[C@@H]1C[C@](O)(C(F)(F)F)[C@@H](Nc2ccc3[nH]ncc3c2)c2ccc(Cl)c(O)c21. The number of aromatic hydroxyl groups is 1. The first-order valence-corrected chi connectivity index (χ1v) is 9.53. The van der Waals surface area contributed by atoms with Crippen molar-refractivity contribution in [3.8, 4) is 5.75 Å². The zero-order valence-corrected chi connectivity index (χ0v) is 16.1. The topological polar surface area (TPSA) is 81.2 Å². The van der Waals surface area contributed by atoms with Crippen molar-refractivity contribution < 1.29 is 23.4 Å². The molecule has 0 spiro atoms. The van der Waals surface area contributed by atoms with E-state index < -0.39 is 30.2 Å². The predicted molar refractivity (Wildman–Crippen MR) is 104 cm³/mol. The number of halogens is 4. The van der Waals surface area contributed by atoms with Crippen LogP contribution in [0.25, 0.3) is 10.9 Å². The number of benzene rings is 2. The van der Waals surface area contributed by atoms with Gasteiger partial charge in [0.1, 0.15) is 5.75 Å². The first-order chi connectivity index (χ1) is 13.7. The molecule has 5 nitrogen and oxygen atoms in total. The van der Waals surface area contributed by atoms with Crippen LogP contribution in [0.3, 0.4) is 0 Å². The predicted octanol–water partition coefficient (Wildman–Crippen LogP) is 5.27. The van der Waals surface area contributed by atoms with Gasteiger partial charge in [0.2, 0.25) is 0 Å². The molecule has 0 fully saturated rings. The average molecular weight is 426 g/mol. The Morgan fingerprint density at radius 1 is 1.31 bits per heavy atom. The fourth-order valence-corrected chi connectivity index (χ4v) is 4.32. The fraction of sp³-hybridized carbons (Fsp3) is 0.350. The summed E-state index contributed by atoms with van der Waals surface area (Å²) in [6.07, 6.45) is -3.60. The van der Waals surface area contributed by atoms with Crippen LogP contribution in [0.1, 0.15) is 42.9 Å². The summed E-state index contributed by atoms with van der Waals surface area (Å²) in [6, 6.07) is 6.21. The van der Waals surface area contributed by atoms with Gasteiger partial charge in [-0.15, -0.1) is 0 Å². The molecular formula is C20H19ClF3N3O2. The number of alkyl halides is 3. The average Bonchev–Trinajstić information content (AvgIpc) is 3.13.